The largest absolute Gasteiger partial charge is 0.573 e. The molecule has 0 atom stereocenters. The Morgan fingerprint density at radius 3 is 2.70 bits per heavy atom. The fourth-order valence-corrected chi connectivity index (χ4v) is 5.06. The SMILES string of the molecule is O=C(NCc1cc(OC(F)(F)F)ccc1F)c1cn(CCCCc2cc3c(Cc4ccccn4)c(C4CC4)[nH]c3nn2)nn1. The van der Waals surface area contributed by atoms with E-state index in [9.17, 15) is 22.4 Å². The third kappa shape index (κ3) is 7.18. The number of aromatic nitrogens is 7. The fourth-order valence-electron chi connectivity index (χ4n) is 5.06. The Balaban J connectivity index is 1.02. The highest BCUT2D eigenvalue weighted by molar-refractivity contribution is 5.91. The first kappa shape index (κ1) is 29.2. The minimum absolute atomic E-state index is 0.00350. The van der Waals surface area contributed by atoms with Crippen LogP contribution in [0.15, 0.2) is 54.9 Å². The van der Waals surface area contributed by atoms with Crippen LogP contribution < -0.4 is 10.1 Å². The predicted molar refractivity (Wildman–Crippen MR) is 150 cm³/mol. The van der Waals surface area contributed by atoms with Crippen molar-refractivity contribution in [3.63, 3.8) is 0 Å². The van der Waals surface area contributed by atoms with Crippen LogP contribution in [0.1, 0.15) is 70.3 Å². The van der Waals surface area contributed by atoms with E-state index in [0.29, 0.717) is 18.9 Å². The molecular weight excluding hydrogens is 580 g/mol. The maximum atomic E-state index is 14.0. The lowest BCUT2D eigenvalue weighted by atomic mass is 10.0. The van der Waals surface area contributed by atoms with E-state index >= 15 is 0 Å². The summed E-state index contributed by atoms with van der Waals surface area (Å²) in [5, 5.41) is 20.2. The van der Waals surface area contributed by atoms with Gasteiger partial charge in [0.2, 0.25) is 0 Å². The summed E-state index contributed by atoms with van der Waals surface area (Å²) in [5.74, 6) is -1.47. The van der Waals surface area contributed by atoms with Crippen LogP contribution in [0.25, 0.3) is 11.0 Å². The number of hydrogen-bond acceptors (Lipinski definition) is 7. The zero-order valence-electron chi connectivity index (χ0n) is 23.4. The van der Waals surface area contributed by atoms with Gasteiger partial charge < -0.3 is 15.0 Å². The number of ether oxygens (including phenoxy) is 1. The number of rotatable bonds is 12. The molecule has 0 aliphatic heterocycles. The quantitative estimate of drug-likeness (QED) is 0.144. The monoisotopic (exact) mass is 608 g/mol. The molecule has 1 saturated carbocycles. The lowest BCUT2D eigenvalue weighted by molar-refractivity contribution is -0.274. The Hall–Kier alpha value is -4.88. The standard InChI is InChI=1S/C30H28F4N8O2/c31-25-10-9-22(44-30(32,33)34)13-19(25)16-36-29(43)26-17-42(41-39-26)12-4-2-6-21-15-24-23(14-20-5-1-3-11-35-20)27(18-7-8-18)37-28(24)40-38-21/h1,3,5,9-11,13,15,17-18H,2,4,6-8,12,14,16H2,(H,36,43)(H,37,40). The number of carbonyl (C=O) groups excluding carboxylic acids is 1. The molecule has 1 fully saturated rings. The number of hydrogen-bond donors (Lipinski definition) is 2. The van der Waals surface area contributed by atoms with Gasteiger partial charge in [0.15, 0.2) is 11.3 Å². The van der Waals surface area contributed by atoms with Crippen molar-refractivity contribution < 1.29 is 27.1 Å². The van der Waals surface area contributed by atoms with E-state index in [4.69, 9.17) is 0 Å². The van der Waals surface area contributed by atoms with Crippen LogP contribution in [0.2, 0.25) is 0 Å². The van der Waals surface area contributed by atoms with Crippen molar-refractivity contribution in [2.24, 2.45) is 0 Å². The van der Waals surface area contributed by atoms with Gasteiger partial charge in [0.05, 0.1) is 11.9 Å². The van der Waals surface area contributed by atoms with Crippen LogP contribution >= 0.6 is 0 Å². The summed E-state index contributed by atoms with van der Waals surface area (Å²) in [6, 6.07) is 10.6. The summed E-state index contributed by atoms with van der Waals surface area (Å²) in [4.78, 5) is 20.5. The zero-order valence-corrected chi connectivity index (χ0v) is 23.4. The van der Waals surface area contributed by atoms with Gasteiger partial charge in [-0.05, 0) is 80.0 Å². The Morgan fingerprint density at radius 2 is 1.93 bits per heavy atom. The van der Waals surface area contributed by atoms with Gasteiger partial charge in [0.1, 0.15) is 11.6 Å². The number of nitrogens with one attached hydrogen (secondary N) is 2. The number of amides is 1. The van der Waals surface area contributed by atoms with Crippen LogP contribution in [0, 0.1) is 5.82 Å². The number of alkyl halides is 3. The number of fused-ring (bicyclic) bond motifs is 1. The molecule has 4 heterocycles. The van der Waals surface area contributed by atoms with E-state index in [1.54, 1.807) is 6.20 Å². The third-order valence-corrected chi connectivity index (χ3v) is 7.35. The van der Waals surface area contributed by atoms with E-state index in [1.807, 2.05) is 18.2 Å². The van der Waals surface area contributed by atoms with Crippen LogP contribution in [-0.2, 0) is 25.9 Å². The number of carbonyl (C=O) groups is 1. The Bertz CT molecular complexity index is 1770. The Morgan fingerprint density at radius 1 is 1.07 bits per heavy atom. The summed E-state index contributed by atoms with van der Waals surface area (Å²) in [5.41, 5.74) is 4.99. The number of unbranched alkanes of at least 4 members (excludes halogenated alkanes) is 1. The van der Waals surface area contributed by atoms with Crippen molar-refractivity contribution in [1.29, 1.82) is 0 Å². The number of aryl methyl sites for hydroxylation is 2. The molecule has 1 aliphatic carbocycles. The lowest BCUT2D eigenvalue weighted by Crippen LogP contribution is -2.24. The van der Waals surface area contributed by atoms with Gasteiger partial charge in [-0.25, -0.2) is 4.39 Å². The minimum atomic E-state index is -4.91. The van der Waals surface area contributed by atoms with E-state index in [0.717, 1.165) is 59.9 Å². The second-order valence-corrected chi connectivity index (χ2v) is 10.7. The average Bonchev–Trinajstić information content (AvgIpc) is 3.63. The van der Waals surface area contributed by atoms with Crippen LogP contribution in [-0.4, -0.2) is 47.4 Å². The summed E-state index contributed by atoms with van der Waals surface area (Å²) in [7, 11) is 0. The first-order chi connectivity index (χ1) is 21.2. The first-order valence-corrected chi connectivity index (χ1v) is 14.2. The number of benzene rings is 1. The first-order valence-electron chi connectivity index (χ1n) is 14.2. The van der Waals surface area contributed by atoms with E-state index in [-0.39, 0.29) is 17.8 Å². The molecule has 1 amide bonds. The summed E-state index contributed by atoms with van der Waals surface area (Å²) < 4.78 is 56.8. The molecule has 0 radical (unpaired) electrons. The third-order valence-electron chi connectivity index (χ3n) is 7.35. The van der Waals surface area contributed by atoms with Crippen molar-refractivity contribution >= 4 is 16.9 Å². The molecule has 0 bridgehead atoms. The molecule has 0 unspecified atom stereocenters. The van der Waals surface area contributed by atoms with Gasteiger partial charge in [0, 0.05) is 48.0 Å². The van der Waals surface area contributed by atoms with Gasteiger partial charge in [-0.15, -0.1) is 23.4 Å². The highest BCUT2D eigenvalue weighted by Crippen LogP contribution is 2.43. The molecule has 5 aromatic rings. The maximum absolute atomic E-state index is 14.0. The molecule has 10 nitrogen and oxygen atoms in total. The normalized spacial score (nSPS) is 13.4. The smallest absolute Gasteiger partial charge is 0.406 e. The van der Waals surface area contributed by atoms with Gasteiger partial charge in [-0.2, -0.15) is 5.10 Å². The summed E-state index contributed by atoms with van der Waals surface area (Å²) >= 11 is 0. The topological polar surface area (TPSA) is 124 Å². The average molecular weight is 609 g/mol. The van der Waals surface area contributed by atoms with Gasteiger partial charge in [0.25, 0.3) is 5.91 Å². The fraction of sp³-hybridized carbons (Fsp3) is 0.333. The highest BCUT2D eigenvalue weighted by Gasteiger charge is 2.31. The maximum Gasteiger partial charge on any atom is 0.573 e. The van der Waals surface area contributed by atoms with Crippen molar-refractivity contribution in [1.82, 2.24) is 40.5 Å². The minimum Gasteiger partial charge on any atom is -0.406 e. The number of aromatic amines is 1. The molecule has 0 saturated heterocycles. The molecule has 14 heteroatoms. The molecule has 228 valence electrons. The number of H-pyrrole nitrogens is 1. The summed E-state index contributed by atoms with van der Waals surface area (Å²) in [6.07, 6.45) is 3.66. The van der Waals surface area contributed by atoms with E-state index in [1.165, 1.54) is 35.0 Å². The van der Waals surface area contributed by atoms with Crippen LogP contribution in [0.3, 0.4) is 0 Å². The zero-order chi connectivity index (χ0) is 30.7. The Labute approximate surface area is 248 Å². The molecule has 1 aromatic carbocycles. The number of nitrogens with zero attached hydrogens (tertiary/aromatic N) is 6. The molecule has 6 rings (SSSR count). The molecule has 44 heavy (non-hydrogen) atoms. The predicted octanol–water partition coefficient (Wildman–Crippen LogP) is 5.40. The number of pyridine rings is 1. The van der Waals surface area contributed by atoms with Crippen LogP contribution in [0.4, 0.5) is 17.6 Å². The molecular formula is C30H28F4N8O2. The van der Waals surface area contributed by atoms with Gasteiger partial charge >= 0.3 is 6.36 Å². The molecule has 0 spiro atoms. The van der Waals surface area contributed by atoms with E-state index < -0.39 is 23.8 Å². The van der Waals surface area contributed by atoms with Gasteiger partial charge in [-0.3, -0.25) is 14.5 Å². The van der Waals surface area contributed by atoms with Crippen molar-refractivity contribution in [2.45, 2.75) is 63.9 Å². The van der Waals surface area contributed by atoms with Crippen molar-refractivity contribution in [3.8, 4) is 5.75 Å². The van der Waals surface area contributed by atoms with E-state index in [2.05, 4.69) is 46.6 Å². The summed E-state index contributed by atoms with van der Waals surface area (Å²) in [6.45, 7) is 0.146. The molecule has 4 aromatic heterocycles. The van der Waals surface area contributed by atoms with Crippen LogP contribution in [0.5, 0.6) is 5.75 Å². The molecule has 1 aliphatic rings. The second-order valence-electron chi connectivity index (χ2n) is 10.7. The number of halogens is 4. The van der Waals surface area contributed by atoms with Gasteiger partial charge in [-0.1, -0.05) is 11.3 Å². The Kier molecular flexibility index (Phi) is 8.22. The van der Waals surface area contributed by atoms with Crippen molar-refractivity contribution in [2.75, 3.05) is 0 Å². The van der Waals surface area contributed by atoms with Crippen molar-refractivity contribution in [3.05, 3.63) is 94.6 Å². The molecule has 2 N–H and O–H groups in total. The second kappa shape index (κ2) is 12.4. The lowest BCUT2D eigenvalue weighted by Gasteiger charge is -2.11. The highest BCUT2D eigenvalue weighted by atomic mass is 19.4.